The third-order valence-electron chi connectivity index (χ3n) is 2.30. The standard InChI is InChI=1S/C9H14BFO2/c1-2-13-9(12)7-3-5-8(10-11)6-4-7/h5,7,10H,2-4,6H2,1H3. The molecule has 0 bridgehead atoms. The van der Waals surface area contributed by atoms with Gasteiger partial charge in [0.2, 0.25) is 0 Å². The van der Waals surface area contributed by atoms with E-state index in [4.69, 9.17) is 4.74 Å². The second kappa shape index (κ2) is 5.05. The smallest absolute Gasteiger partial charge is 0.359 e. The van der Waals surface area contributed by atoms with E-state index in [2.05, 4.69) is 0 Å². The first-order valence-corrected chi connectivity index (χ1v) is 4.68. The summed E-state index contributed by atoms with van der Waals surface area (Å²) in [6, 6.07) is 0. The number of carbonyl (C=O) groups excluding carboxylic acids is 1. The molecule has 0 amide bonds. The molecule has 1 aliphatic rings. The highest BCUT2D eigenvalue weighted by atomic mass is 19.1. The Balaban J connectivity index is 2.40. The Morgan fingerprint density at radius 1 is 1.85 bits per heavy atom. The second-order valence-corrected chi connectivity index (χ2v) is 3.22. The van der Waals surface area contributed by atoms with Gasteiger partial charge in [0, 0.05) is 0 Å². The summed E-state index contributed by atoms with van der Waals surface area (Å²) < 4.78 is 17.1. The molecular formula is C9H14BFO2. The summed E-state index contributed by atoms with van der Waals surface area (Å²) in [5, 5.41) is 0. The van der Waals surface area contributed by atoms with Gasteiger partial charge in [-0.05, 0) is 26.2 Å². The van der Waals surface area contributed by atoms with Gasteiger partial charge in [-0.15, -0.1) is 0 Å². The van der Waals surface area contributed by atoms with E-state index in [1.807, 2.05) is 6.08 Å². The summed E-state index contributed by atoms with van der Waals surface area (Å²) >= 11 is 0. The SMILES string of the molecule is CCOC(=O)C1CC=C(BF)CC1. The molecule has 0 N–H and O–H groups in total. The van der Waals surface area contributed by atoms with Gasteiger partial charge in [-0.25, -0.2) is 0 Å². The largest absolute Gasteiger partial charge is 0.466 e. The summed E-state index contributed by atoms with van der Waals surface area (Å²) in [6.45, 7) is 2.22. The number of ether oxygens (including phenoxy) is 1. The molecule has 0 spiro atoms. The predicted molar refractivity (Wildman–Crippen MR) is 50.3 cm³/mol. The van der Waals surface area contributed by atoms with E-state index in [1.54, 1.807) is 6.92 Å². The predicted octanol–water partition coefficient (Wildman–Crippen LogP) is 1.55. The van der Waals surface area contributed by atoms with Crippen LogP contribution >= 0.6 is 0 Å². The van der Waals surface area contributed by atoms with Crippen molar-refractivity contribution in [1.82, 2.24) is 0 Å². The molecule has 0 radical (unpaired) electrons. The lowest BCUT2D eigenvalue weighted by Crippen LogP contribution is -2.20. The first kappa shape index (κ1) is 10.3. The van der Waals surface area contributed by atoms with Crippen LogP contribution in [0.3, 0.4) is 0 Å². The van der Waals surface area contributed by atoms with Gasteiger partial charge in [0.15, 0.2) is 0 Å². The topological polar surface area (TPSA) is 26.3 Å². The van der Waals surface area contributed by atoms with E-state index in [9.17, 15) is 9.11 Å². The minimum absolute atomic E-state index is 0.0461. The van der Waals surface area contributed by atoms with Crippen molar-refractivity contribution in [3.8, 4) is 0 Å². The highest BCUT2D eigenvalue weighted by molar-refractivity contribution is 6.37. The van der Waals surface area contributed by atoms with Crippen LogP contribution in [0, 0.1) is 5.92 Å². The Bertz CT molecular complexity index is 216. The van der Waals surface area contributed by atoms with Crippen molar-refractivity contribution < 1.29 is 13.8 Å². The molecule has 72 valence electrons. The van der Waals surface area contributed by atoms with Crippen LogP contribution in [0.25, 0.3) is 0 Å². The van der Waals surface area contributed by atoms with Crippen LogP contribution in [0.2, 0.25) is 0 Å². The number of hydrogen-bond acceptors (Lipinski definition) is 2. The van der Waals surface area contributed by atoms with Gasteiger partial charge < -0.3 is 9.05 Å². The minimum atomic E-state index is -0.379. The Morgan fingerprint density at radius 3 is 3.08 bits per heavy atom. The summed E-state index contributed by atoms with van der Waals surface area (Å²) in [5.41, 5.74) is 0.820. The van der Waals surface area contributed by atoms with Crippen molar-refractivity contribution in [2.75, 3.05) is 6.61 Å². The van der Waals surface area contributed by atoms with Crippen molar-refractivity contribution in [2.24, 2.45) is 5.92 Å². The van der Waals surface area contributed by atoms with E-state index < -0.39 is 0 Å². The zero-order valence-corrected chi connectivity index (χ0v) is 7.88. The zero-order chi connectivity index (χ0) is 9.68. The molecule has 13 heavy (non-hydrogen) atoms. The van der Waals surface area contributed by atoms with Crippen LogP contribution in [0.15, 0.2) is 11.5 Å². The highest BCUT2D eigenvalue weighted by Gasteiger charge is 2.22. The van der Waals surface area contributed by atoms with Gasteiger partial charge in [-0.1, -0.05) is 11.5 Å². The third-order valence-corrected chi connectivity index (χ3v) is 2.30. The van der Waals surface area contributed by atoms with E-state index in [0.717, 1.165) is 11.9 Å². The average molecular weight is 184 g/mol. The lowest BCUT2D eigenvalue weighted by atomic mass is 9.78. The van der Waals surface area contributed by atoms with E-state index >= 15 is 0 Å². The molecule has 0 aliphatic heterocycles. The van der Waals surface area contributed by atoms with E-state index in [-0.39, 0.29) is 19.4 Å². The number of carbonyl (C=O) groups is 1. The summed E-state index contributed by atoms with van der Waals surface area (Å²) in [5.74, 6) is -0.188. The van der Waals surface area contributed by atoms with Crippen LogP contribution in [0.4, 0.5) is 4.32 Å². The number of rotatable bonds is 3. The fourth-order valence-electron chi connectivity index (χ4n) is 1.48. The molecular weight excluding hydrogens is 170 g/mol. The number of halogens is 1. The van der Waals surface area contributed by atoms with Gasteiger partial charge >= 0.3 is 13.5 Å². The van der Waals surface area contributed by atoms with Crippen molar-refractivity contribution >= 4 is 13.5 Å². The van der Waals surface area contributed by atoms with Crippen LogP contribution in [0.1, 0.15) is 26.2 Å². The number of esters is 1. The van der Waals surface area contributed by atoms with Crippen LogP contribution in [-0.2, 0) is 9.53 Å². The Labute approximate surface area is 78.4 Å². The van der Waals surface area contributed by atoms with Crippen molar-refractivity contribution in [3.63, 3.8) is 0 Å². The quantitative estimate of drug-likeness (QED) is 0.491. The number of allylic oxidation sites excluding steroid dienone is 2. The van der Waals surface area contributed by atoms with Crippen LogP contribution in [0.5, 0.6) is 0 Å². The third kappa shape index (κ3) is 2.86. The molecule has 0 saturated heterocycles. The zero-order valence-electron chi connectivity index (χ0n) is 7.88. The molecule has 0 saturated carbocycles. The normalized spacial score (nSPS) is 22.0. The molecule has 0 aromatic heterocycles. The molecule has 1 atom stereocenters. The maximum absolute atomic E-state index is 12.2. The fraction of sp³-hybridized carbons (Fsp3) is 0.667. The van der Waals surface area contributed by atoms with E-state index in [1.165, 1.54) is 0 Å². The molecule has 0 aromatic rings. The molecule has 4 heteroatoms. The second-order valence-electron chi connectivity index (χ2n) is 3.22. The molecule has 0 fully saturated rings. The molecule has 0 heterocycles. The lowest BCUT2D eigenvalue weighted by molar-refractivity contribution is -0.148. The fourth-order valence-corrected chi connectivity index (χ4v) is 1.48. The van der Waals surface area contributed by atoms with Crippen LogP contribution < -0.4 is 0 Å². The van der Waals surface area contributed by atoms with Crippen molar-refractivity contribution in [2.45, 2.75) is 26.2 Å². The molecule has 1 unspecified atom stereocenters. The van der Waals surface area contributed by atoms with Crippen LogP contribution in [-0.4, -0.2) is 20.1 Å². The molecule has 0 aromatic carbocycles. The first-order valence-electron chi connectivity index (χ1n) is 4.68. The Kier molecular flexibility index (Phi) is 3.99. The van der Waals surface area contributed by atoms with Gasteiger partial charge in [0.1, 0.15) is 0 Å². The summed E-state index contributed by atoms with van der Waals surface area (Å²) in [4.78, 5) is 11.2. The lowest BCUT2D eigenvalue weighted by Gasteiger charge is -2.18. The van der Waals surface area contributed by atoms with Crippen molar-refractivity contribution in [1.29, 1.82) is 0 Å². The highest BCUT2D eigenvalue weighted by Crippen LogP contribution is 2.23. The van der Waals surface area contributed by atoms with Crippen molar-refractivity contribution in [3.05, 3.63) is 11.5 Å². The average Bonchev–Trinajstić information content (AvgIpc) is 2.18. The first-order chi connectivity index (χ1) is 6.27. The maximum Gasteiger partial charge on any atom is 0.359 e. The molecule has 1 rings (SSSR count). The Hall–Kier alpha value is -0.795. The molecule has 1 aliphatic carbocycles. The van der Waals surface area contributed by atoms with Gasteiger partial charge in [-0.3, -0.25) is 4.79 Å². The number of hydrogen-bond donors (Lipinski definition) is 0. The minimum Gasteiger partial charge on any atom is -0.466 e. The molecule has 2 nitrogen and oxygen atoms in total. The maximum atomic E-state index is 12.2. The summed E-state index contributed by atoms with van der Waals surface area (Å²) in [6.07, 6.45) is 3.89. The van der Waals surface area contributed by atoms with Gasteiger partial charge in [-0.2, -0.15) is 0 Å². The summed E-state index contributed by atoms with van der Waals surface area (Å²) in [7, 11) is -0.379. The van der Waals surface area contributed by atoms with Gasteiger partial charge in [0.05, 0.1) is 12.5 Å². The monoisotopic (exact) mass is 184 g/mol. The Morgan fingerprint density at radius 2 is 2.62 bits per heavy atom. The van der Waals surface area contributed by atoms with E-state index in [0.29, 0.717) is 19.4 Å². The van der Waals surface area contributed by atoms with Gasteiger partial charge in [0.25, 0.3) is 0 Å².